The Bertz CT molecular complexity index is 1060. The van der Waals surface area contributed by atoms with Gasteiger partial charge < -0.3 is 19.9 Å². The number of likely N-dealkylation sites (tertiary alicyclic amines) is 1. The summed E-state index contributed by atoms with van der Waals surface area (Å²) in [7, 11) is 0. The van der Waals surface area contributed by atoms with Crippen molar-refractivity contribution in [2.45, 2.75) is 26.2 Å². The first-order chi connectivity index (χ1) is 16.5. The van der Waals surface area contributed by atoms with E-state index in [0.717, 1.165) is 5.69 Å². The molecule has 1 atom stereocenters. The van der Waals surface area contributed by atoms with Gasteiger partial charge in [-0.3, -0.25) is 14.4 Å². The summed E-state index contributed by atoms with van der Waals surface area (Å²) in [5.41, 5.74) is 1.74. The number of carbonyl (C=O) groups excluding carboxylic acids is 4. The molecule has 1 N–H and O–H groups in total. The monoisotopic (exact) mass is 463 g/mol. The quantitative estimate of drug-likeness (QED) is 0.664. The molecule has 0 saturated carbocycles. The van der Waals surface area contributed by atoms with Crippen LogP contribution in [0.4, 0.5) is 11.4 Å². The van der Waals surface area contributed by atoms with Crippen molar-refractivity contribution < 1.29 is 23.9 Å². The van der Waals surface area contributed by atoms with E-state index in [0.29, 0.717) is 43.7 Å². The highest BCUT2D eigenvalue weighted by molar-refractivity contribution is 6.00. The number of benzene rings is 2. The highest BCUT2D eigenvalue weighted by Gasteiger charge is 2.38. The van der Waals surface area contributed by atoms with E-state index in [9.17, 15) is 19.2 Å². The molecule has 2 aliphatic heterocycles. The Morgan fingerprint density at radius 2 is 1.74 bits per heavy atom. The van der Waals surface area contributed by atoms with E-state index in [2.05, 4.69) is 5.32 Å². The van der Waals surface area contributed by atoms with Crippen molar-refractivity contribution >= 4 is 35.1 Å². The minimum absolute atomic E-state index is 0.0206. The van der Waals surface area contributed by atoms with Gasteiger partial charge in [0.25, 0.3) is 0 Å². The molecule has 4 rings (SSSR count). The molecule has 2 fully saturated rings. The van der Waals surface area contributed by atoms with Gasteiger partial charge in [-0.2, -0.15) is 0 Å². The van der Waals surface area contributed by atoms with E-state index < -0.39 is 5.97 Å². The van der Waals surface area contributed by atoms with E-state index in [4.69, 9.17) is 4.74 Å². The molecule has 0 aliphatic carbocycles. The molecule has 1 unspecified atom stereocenters. The van der Waals surface area contributed by atoms with Crippen LogP contribution in [0.3, 0.4) is 0 Å². The Morgan fingerprint density at radius 3 is 2.44 bits per heavy atom. The lowest BCUT2D eigenvalue weighted by molar-refractivity contribution is -0.138. The number of piperidine rings is 1. The molecule has 0 radical (unpaired) electrons. The second kappa shape index (κ2) is 10.5. The van der Waals surface area contributed by atoms with Crippen LogP contribution in [0.5, 0.6) is 0 Å². The van der Waals surface area contributed by atoms with Gasteiger partial charge in [-0.25, -0.2) is 4.79 Å². The molecule has 2 heterocycles. The summed E-state index contributed by atoms with van der Waals surface area (Å²) in [6, 6.07) is 16.1. The second-order valence-electron chi connectivity index (χ2n) is 8.63. The third-order valence-electron chi connectivity index (χ3n) is 6.36. The molecule has 2 aromatic rings. The van der Waals surface area contributed by atoms with Gasteiger partial charge in [0.05, 0.1) is 18.1 Å². The van der Waals surface area contributed by atoms with Crippen LogP contribution in [0, 0.1) is 11.8 Å². The maximum absolute atomic E-state index is 13.0. The molecule has 2 aliphatic rings. The van der Waals surface area contributed by atoms with Gasteiger partial charge in [0.2, 0.25) is 17.7 Å². The van der Waals surface area contributed by atoms with Crippen LogP contribution in [-0.2, 0) is 19.1 Å². The third kappa shape index (κ3) is 5.27. The number of hydrogen-bond acceptors (Lipinski definition) is 5. The van der Waals surface area contributed by atoms with Gasteiger partial charge in [-0.15, -0.1) is 0 Å². The van der Waals surface area contributed by atoms with Crippen molar-refractivity contribution in [1.29, 1.82) is 0 Å². The zero-order chi connectivity index (χ0) is 24.1. The van der Waals surface area contributed by atoms with Crippen molar-refractivity contribution in [1.82, 2.24) is 4.90 Å². The first kappa shape index (κ1) is 23.5. The average molecular weight is 464 g/mol. The van der Waals surface area contributed by atoms with Crippen molar-refractivity contribution in [2.24, 2.45) is 11.8 Å². The smallest absolute Gasteiger partial charge is 0.338 e. The summed E-state index contributed by atoms with van der Waals surface area (Å²) < 4.78 is 5.01. The zero-order valence-electron chi connectivity index (χ0n) is 19.2. The number of amides is 3. The molecule has 0 spiro atoms. The van der Waals surface area contributed by atoms with Crippen LogP contribution in [-0.4, -0.2) is 54.8 Å². The largest absolute Gasteiger partial charge is 0.462 e. The number of nitrogens with one attached hydrogen (secondary N) is 1. The van der Waals surface area contributed by atoms with E-state index in [1.807, 2.05) is 30.3 Å². The fourth-order valence-corrected chi connectivity index (χ4v) is 4.53. The standard InChI is InChI=1S/C26H29N3O5/c1-2-34-26(33)19-7-6-8-21(15-19)27-24(31)18-11-13-28(14-12-18)25(32)20-16-23(30)29(17-20)22-9-4-3-5-10-22/h3-10,15,18,20H,2,11-14,16-17H2,1H3,(H,27,31). The van der Waals surface area contributed by atoms with E-state index in [1.54, 1.807) is 41.0 Å². The highest BCUT2D eigenvalue weighted by Crippen LogP contribution is 2.28. The molecule has 8 nitrogen and oxygen atoms in total. The van der Waals surface area contributed by atoms with Crippen molar-refractivity contribution in [3.8, 4) is 0 Å². The molecule has 178 valence electrons. The number of hydrogen-bond donors (Lipinski definition) is 1. The molecule has 8 heteroatoms. The number of esters is 1. The second-order valence-corrected chi connectivity index (χ2v) is 8.63. The summed E-state index contributed by atoms with van der Waals surface area (Å²) >= 11 is 0. The molecule has 0 aromatic heterocycles. The zero-order valence-corrected chi connectivity index (χ0v) is 19.2. The minimum Gasteiger partial charge on any atom is -0.462 e. The SMILES string of the molecule is CCOC(=O)c1cccc(NC(=O)C2CCN(C(=O)C3CC(=O)N(c4ccccc4)C3)CC2)c1. The Morgan fingerprint density at radius 1 is 1.00 bits per heavy atom. The van der Waals surface area contributed by atoms with E-state index >= 15 is 0 Å². The molecule has 34 heavy (non-hydrogen) atoms. The maximum Gasteiger partial charge on any atom is 0.338 e. The van der Waals surface area contributed by atoms with Crippen LogP contribution in [0.2, 0.25) is 0 Å². The molecular formula is C26H29N3O5. The lowest BCUT2D eigenvalue weighted by Gasteiger charge is -2.33. The van der Waals surface area contributed by atoms with Crippen LogP contribution in [0.15, 0.2) is 54.6 Å². The molecule has 2 saturated heterocycles. The van der Waals surface area contributed by atoms with Crippen LogP contribution < -0.4 is 10.2 Å². The van der Waals surface area contributed by atoms with Gasteiger partial charge in [-0.1, -0.05) is 24.3 Å². The lowest BCUT2D eigenvalue weighted by Crippen LogP contribution is -2.44. The molecule has 2 aromatic carbocycles. The predicted molar refractivity (Wildman–Crippen MR) is 127 cm³/mol. The first-order valence-electron chi connectivity index (χ1n) is 11.7. The van der Waals surface area contributed by atoms with E-state index in [-0.39, 0.29) is 42.6 Å². The first-order valence-corrected chi connectivity index (χ1v) is 11.7. The Hall–Kier alpha value is -3.68. The number of carbonyl (C=O) groups is 4. The third-order valence-corrected chi connectivity index (χ3v) is 6.36. The van der Waals surface area contributed by atoms with Gasteiger partial charge in [-0.05, 0) is 50.1 Å². The number of para-hydroxylation sites is 1. The molecular weight excluding hydrogens is 434 g/mol. The number of nitrogens with zero attached hydrogens (tertiary/aromatic N) is 2. The average Bonchev–Trinajstić information content (AvgIpc) is 3.26. The fourth-order valence-electron chi connectivity index (χ4n) is 4.53. The summed E-state index contributed by atoms with van der Waals surface area (Å²) in [6.45, 7) is 3.38. The number of rotatable bonds is 6. The van der Waals surface area contributed by atoms with E-state index in [1.165, 1.54) is 0 Å². The summed E-state index contributed by atoms with van der Waals surface area (Å²) in [5.74, 6) is -1.19. The molecule has 3 amide bonds. The van der Waals surface area contributed by atoms with Crippen LogP contribution in [0.25, 0.3) is 0 Å². The van der Waals surface area contributed by atoms with Crippen molar-refractivity contribution in [3.05, 3.63) is 60.2 Å². The normalized spacial score (nSPS) is 18.6. The van der Waals surface area contributed by atoms with Gasteiger partial charge in [0, 0.05) is 43.3 Å². The lowest BCUT2D eigenvalue weighted by atomic mass is 9.94. The Labute approximate surface area is 198 Å². The van der Waals surface area contributed by atoms with Crippen molar-refractivity contribution in [2.75, 3.05) is 36.5 Å². The number of ether oxygens (including phenoxy) is 1. The summed E-state index contributed by atoms with van der Waals surface area (Å²) in [4.78, 5) is 53.6. The Kier molecular flexibility index (Phi) is 7.25. The molecule has 0 bridgehead atoms. The van der Waals surface area contributed by atoms with Gasteiger partial charge in [0.15, 0.2) is 0 Å². The highest BCUT2D eigenvalue weighted by atomic mass is 16.5. The van der Waals surface area contributed by atoms with Gasteiger partial charge >= 0.3 is 5.97 Å². The van der Waals surface area contributed by atoms with Crippen LogP contribution >= 0.6 is 0 Å². The van der Waals surface area contributed by atoms with Crippen molar-refractivity contribution in [3.63, 3.8) is 0 Å². The van der Waals surface area contributed by atoms with Crippen LogP contribution in [0.1, 0.15) is 36.5 Å². The minimum atomic E-state index is -0.429. The predicted octanol–water partition coefficient (Wildman–Crippen LogP) is 3.09. The Balaban J connectivity index is 1.29. The summed E-state index contributed by atoms with van der Waals surface area (Å²) in [5, 5.41) is 2.88. The maximum atomic E-state index is 13.0. The fraction of sp³-hybridized carbons (Fsp3) is 0.385. The number of anilines is 2. The van der Waals surface area contributed by atoms with Gasteiger partial charge in [0.1, 0.15) is 0 Å². The topological polar surface area (TPSA) is 96.0 Å². The summed E-state index contributed by atoms with van der Waals surface area (Å²) in [6.07, 6.45) is 1.32.